The average molecular weight is 440 g/mol. The van der Waals surface area contributed by atoms with E-state index in [1.807, 2.05) is 42.5 Å². The number of methoxy groups -OCH3 is 1. The SMILES string of the molecule is COc1ccc2cc([C@@H](C)C(=O)Oc3cc(O)cc(/C=C/c4ccc(O)cc4)c3)ccc2c1. The fraction of sp³-hybridized carbons (Fsp3) is 0.107. The van der Waals surface area contributed by atoms with Crippen molar-refractivity contribution >= 4 is 28.9 Å². The van der Waals surface area contributed by atoms with Crippen LogP contribution in [0, 0.1) is 0 Å². The first kappa shape index (κ1) is 22.0. The minimum absolute atomic E-state index is 0.00189. The molecule has 5 heteroatoms. The Balaban J connectivity index is 1.50. The van der Waals surface area contributed by atoms with Crippen LogP contribution < -0.4 is 9.47 Å². The van der Waals surface area contributed by atoms with Gasteiger partial charge in [-0.3, -0.25) is 4.79 Å². The molecule has 5 nitrogen and oxygen atoms in total. The molecular weight excluding hydrogens is 416 g/mol. The summed E-state index contributed by atoms with van der Waals surface area (Å²) in [6, 6.07) is 23.0. The molecule has 4 aromatic rings. The van der Waals surface area contributed by atoms with Crippen molar-refractivity contribution in [1.29, 1.82) is 0 Å². The molecule has 0 saturated carbocycles. The van der Waals surface area contributed by atoms with Crippen molar-refractivity contribution in [2.24, 2.45) is 0 Å². The molecule has 0 aliphatic rings. The smallest absolute Gasteiger partial charge is 0.318 e. The van der Waals surface area contributed by atoms with Crippen molar-refractivity contribution < 1.29 is 24.5 Å². The summed E-state index contributed by atoms with van der Waals surface area (Å²) < 4.78 is 10.8. The molecule has 0 heterocycles. The fourth-order valence-corrected chi connectivity index (χ4v) is 3.52. The Morgan fingerprint density at radius 1 is 0.758 bits per heavy atom. The van der Waals surface area contributed by atoms with Gasteiger partial charge in [0.15, 0.2) is 0 Å². The quantitative estimate of drug-likeness (QED) is 0.214. The number of esters is 1. The predicted octanol–water partition coefficient (Wildman–Crippen LogP) is 6.14. The first-order valence-electron chi connectivity index (χ1n) is 10.5. The van der Waals surface area contributed by atoms with Gasteiger partial charge in [-0.1, -0.05) is 48.6 Å². The number of rotatable bonds is 6. The van der Waals surface area contributed by atoms with Gasteiger partial charge in [0, 0.05) is 6.07 Å². The largest absolute Gasteiger partial charge is 0.508 e. The molecule has 166 valence electrons. The highest BCUT2D eigenvalue weighted by Crippen LogP contribution is 2.28. The number of carbonyl (C=O) groups is 1. The zero-order valence-corrected chi connectivity index (χ0v) is 18.4. The molecular formula is C28H24O5. The van der Waals surface area contributed by atoms with Crippen LogP contribution >= 0.6 is 0 Å². The summed E-state index contributed by atoms with van der Waals surface area (Å²) in [7, 11) is 1.63. The second-order valence-electron chi connectivity index (χ2n) is 7.80. The Morgan fingerprint density at radius 3 is 2.21 bits per heavy atom. The van der Waals surface area contributed by atoms with Crippen molar-refractivity contribution in [3.05, 3.63) is 95.6 Å². The number of hydrogen-bond acceptors (Lipinski definition) is 5. The lowest BCUT2D eigenvalue weighted by Gasteiger charge is -2.13. The standard InChI is InChI=1S/C28H24O5/c1-18(21-7-8-23-16-26(32-2)12-9-22(23)15-21)28(31)33-27-14-20(13-25(30)17-27)4-3-19-5-10-24(29)11-6-19/h3-18,29-30H,1-2H3/b4-3+/t18-/m1/s1. The molecule has 0 bridgehead atoms. The summed E-state index contributed by atoms with van der Waals surface area (Å²) in [6.45, 7) is 1.79. The second kappa shape index (κ2) is 9.49. The lowest BCUT2D eigenvalue weighted by Crippen LogP contribution is -2.16. The van der Waals surface area contributed by atoms with Crippen LogP contribution in [-0.4, -0.2) is 23.3 Å². The van der Waals surface area contributed by atoms with Crippen LogP contribution in [0.25, 0.3) is 22.9 Å². The van der Waals surface area contributed by atoms with Crippen molar-refractivity contribution in [3.8, 4) is 23.0 Å². The van der Waals surface area contributed by atoms with Gasteiger partial charge in [0.05, 0.1) is 13.0 Å². The Kier molecular flexibility index (Phi) is 6.31. The van der Waals surface area contributed by atoms with Crippen molar-refractivity contribution in [1.82, 2.24) is 0 Å². The van der Waals surface area contributed by atoms with E-state index >= 15 is 0 Å². The van der Waals surface area contributed by atoms with Crippen LogP contribution in [0.3, 0.4) is 0 Å². The molecule has 2 N–H and O–H groups in total. The molecule has 0 saturated heterocycles. The second-order valence-corrected chi connectivity index (χ2v) is 7.80. The third kappa shape index (κ3) is 5.33. The third-order valence-corrected chi connectivity index (χ3v) is 5.42. The molecule has 0 amide bonds. The van der Waals surface area contributed by atoms with E-state index in [-0.39, 0.29) is 17.2 Å². The Morgan fingerprint density at radius 2 is 1.45 bits per heavy atom. The summed E-state index contributed by atoms with van der Waals surface area (Å²) in [4.78, 5) is 12.8. The van der Waals surface area contributed by atoms with Crippen LogP contribution in [0.4, 0.5) is 0 Å². The maximum Gasteiger partial charge on any atom is 0.318 e. The first-order chi connectivity index (χ1) is 15.9. The zero-order valence-electron chi connectivity index (χ0n) is 18.4. The van der Waals surface area contributed by atoms with E-state index in [1.165, 1.54) is 6.07 Å². The van der Waals surface area contributed by atoms with Gasteiger partial charge in [-0.15, -0.1) is 0 Å². The highest BCUT2D eigenvalue weighted by molar-refractivity contribution is 5.87. The van der Waals surface area contributed by atoms with E-state index in [2.05, 4.69) is 0 Å². The van der Waals surface area contributed by atoms with E-state index in [9.17, 15) is 15.0 Å². The van der Waals surface area contributed by atoms with Crippen LogP contribution in [0.15, 0.2) is 78.9 Å². The lowest BCUT2D eigenvalue weighted by molar-refractivity contribution is -0.135. The van der Waals surface area contributed by atoms with Gasteiger partial charge in [-0.05, 0) is 70.8 Å². The molecule has 0 aliphatic carbocycles. The highest BCUT2D eigenvalue weighted by atomic mass is 16.5. The molecule has 0 aliphatic heterocycles. The van der Waals surface area contributed by atoms with E-state index in [1.54, 1.807) is 56.5 Å². The maximum absolute atomic E-state index is 12.8. The van der Waals surface area contributed by atoms with Gasteiger partial charge in [0.25, 0.3) is 0 Å². The fourth-order valence-electron chi connectivity index (χ4n) is 3.52. The molecule has 0 radical (unpaired) electrons. The number of ether oxygens (including phenoxy) is 2. The minimum atomic E-state index is -0.491. The Bertz CT molecular complexity index is 1320. The van der Waals surface area contributed by atoms with Gasteiger partial charge in [-0.25, -0.2) is 0 Å². The molecule has 0 unspecified atom stereocenters. The number of fused-ring (bicyclic) bond motifs is 1. The normalized spacial score (nSPS) is 12.1. The van der Waals surface area contributed by atoms with E-state index in [0.29, 0.717) is 5.56 Å². The zero-order chi connectivity index (χ0) is 23.4. The number of phenols is 2. The molecule has 1 atom stereocenters. The van der Waals surface area contributed by atoms with E-state index in [0.717, 1.165) is 27.6 Å². The number of hydrogen-bond donors (Lipinski definition) is 2. The predicted molar refractivity (Wildman–Crippen MR) is 130 cm³/mol. The average Bonchev–Trinajstić information content (AvgIpc) is 2.82. The topological polar surface area (TPSA) is 76.0 Å². The van der Waals surface area contributed by atoms with Crippen LogP contribution in [0.2, 0.25) is 0 Å². The van der Waals surface area contributed by atoms with Gasteiger partial charge >= 0.3 is 5.97 Å². The number of aromatic hydroxyl groups is 2. The van der Waals surface area contributed by atoms with Gasteiger partial charge in [0.1, 0.15) is 23.0 Å². The van der Waals surface area contributed by atoms with Gasteiger partial charge in [-0.2, -0.15) is 0 Å². The summed E-state index contributed by atoms with van der Waals surface area (Å²) in [5.74, 6) is 0.332. The molecule has 0 spiro atoms. The monoisotopic (exact) mass is 440 g/mol. The van der Waals surface area contributed by atoms with Gasteiger partial charge in [0.2, 0.25) is 0 Å². The molecule has 4 aromatic carbocycles. The summed E-state index contributed by atoms with van der Waals surface area (Å²) in [5.41, 5.74) is 2.40. The number of phenolic OH excluding ortho intramolecular Hbond substituents is 2. The van der Waals surface area contributed by atoms with Crippen LogP contribution in [0.5, 0.6) is 23.0 Å². The maximum atomic E-state index is 12.8. The lowest BCUT2D eigenvalue weighted by atomic mass is 9.98. The molecule has 4 rings (SSSR count). The van der Waals surface area contributed by atoms with E-state index in [4.69, 9.17) is 9.47 Å². The van der Waals surface area contributed by atoms with Gasteiger partial charge < -0.3 is 19.7 Å². The summed E-state index contributed by atoms with van der Waals surface area (Å²) in [5, 5.41) is 21.5. The summed E-state index contributed by atoms with van der Waals surface area (Å²) >= 11 is 0. The van der Waals surface area contributed by atoms with Crippen molar-refractivity contribution in [3.63, 3.8) is 0 Å². The molecule has 0 fully saturated rings. The first-order valence-corrected chi connectivity index (χ1v) is 10.5. The van der Waals surface area contributed by atoms with Crippen molar-refractivity contribution in [2.45, 2.75) is 12.8 Å². The minimum Gasteiger partial charge on any atom is -0.508 e. The Labute approximate surface area is 192 Å². The third-order valence-electron chi connectivity index (χ3n) is 5.42. The van der Waals surface area contributed by atoms with Crippen molar-refractivity contribution in [2.75, 3.05) is 7.11 Å². The Hall–Kier alpha value is -4.25. The summed E-state index contributed by atoms with van der Waals surface area (Å²) in [6.07, 6.45) is 3.64. The molecule has 0 aromatic heterocycles. The van der Waals surface area contributed by atoms with Crippen LogP contribution in [0.1, 0.15) is 29.5 Å². The van der Waals surface area contributed by atoms with Crippen LogP contribution in [-0.2, 0) is 4.79 Å². The van der Waals surface area contributed by atoms with E-state index < -0.39 is 11.9 Å². The molecule has 33 heavy (non-hydrogen) atoms. The highest BCUT2D eigenvalue weighted by Gasteiger charge is 2.18. The number of carbonyl (C=O) groups excluding carboxylic acids is 1. The number of benzene rings is 4.